The molecule has 1 aromatic carbocycles. The maximum absolute atomic E-state index is 13.2. The van der Waals surface area contributed by atoms with Crippen LogP contribution in [0.15, 0.2) is 36.5 Å². The number of halogens is 1. The molecule has 0 bridgehead atoms. The van der Waals surface area contributed by atoms with E-state index in [1.165, 1.54) is 4.90 Å². The molecule has 2 aromatic rings. The molecule has 5 nitrogen and oxygen atoms in total. The van der Waals surface area contributed by atoms with Crippen LogP contribution in [0.25, 0.3) is 0 Å². The second-order valence-corrected chi connectivity index (χ2v) is 6.91. The number of nitrogens with zero attached hydrogens (tertiary/aromatic N) is 2. The first-order chi connectivity index (χ1) is 13.5. The van der Waals surface area contributed by atoms with Crippen LogP contribution in [0.5, 0.6) is 5.75 Å². The molecular formula is C22H21ClN2O3. The minimum atomic E-state index is -0.989. The van der Waals surface area contributed by atoms with Crippen molar-refractivity contribution in [2.24, 2.45) is 0 Å². The number of ether oxygens (including phenoxy) is 1. The predicted molar refractivity (Wildman–Crippen MR) is 107 cm³/mol. The molecule has 3 rings (SSSR count). The van der Waals surface area contributed by atoms with Gasteiger partial charge in [-0.25, -0.2) is 0 Å². The van der Waals surface area contributed by atoms with E-state index in [1.54, 1.807) is 32.3 Å². The molecule has 0 saturated carbocycles. The fourth-order valence-electron chi connectivity index (χ4n) is 3.45. The zero-order valence-electron chi connectivity index (χ0n) is 16.0. The molecule has 1 aliphatic rings. The number of rotatable bonds is 5. The molecule has 1 fully saturated rings. The number of likely N-dealkylation sites (tertiary alicyclic amines) is 1. The lowest BCUT2D eigenvalue weighted by Crippen LogP contribution is -2.33. The highest BCUT2D eigenvalue weighted by molar-refractivity contribution is 6.33. The first-order valence-electron chi connectivity index (χ1n) is 9.07. The number of pyridine rings is 1. The summed E-state index contributed by atoms with van der Waals surface area (Å²) >= 11 is 6.49. The Labute approximate surface area is 169 Å². The Morgan fingerprint density at radius 2 is 2.07 bits per heavy atom. The van der Waals surface area contributed by atoms with Gasteiger partial charge in [-0.2, -0.15) is 0 Å². The van der Waals surface area contributed by atoms with Gasteiger partial charge in [0.05, 0.1) is 12.6 Å². The quantitative estimate of drug-likeness (QED) is 0.575. The fraction of sp³-hybridized carbons (Fsp3) is 0.318. The van der Waals surface area contributed by atoms with Crippen LogP contribution in [0.1, 0.15) is 36.6 Å². The summed E-state index contributed by atoms with van der Waals surface area (Å²) in [6.07, 6.45) is 2.03. The van der Waals surface area contributed by atoms with Crippen LogP contribution in [0, 0.1) is 11.8 Å². The molecule has 0 N–H and O–H groups in total. The monoisotopic (exact) mass is 396 g/mol. The Balaban J connectivity index is 2.02. The summed E-state index contributed by atoms with van der Waals surface area (Å²) in [5, 5.41) is 0.308. The number of likely N-dealkylation sites (N-methyl/N-ethyl adjacent to an activating group) is 1. The number of ketones is 1. The standard InChI is InChI=1S/C22H21ClN2O3/c1-4-8-14-11-16(23)19(18(12-14)28-5-2)20-21(26)17(25(3)22(20)27)13-15-9-6-7-10-24-15/h6-7,9-12,17,20H,5,13H2,1-3H3. The van der Waals surface area contributed by atoms with Crippen molar-refractivity contribution in [3.05, 3.63) is 58.4 Å². The van der Waals surface area contributed by atoms with Crippen LogP contribution in [-0.2, 0) is 16.0 Å². The van der Waals surface area contributed by atoms with Crippen molar-refractivity contribution >= 4 is 23.3 Å². The van der Waals surface area contributed by atoms with Gasteiger partial charge in [0.25, 0.3) is 0 Å². The lowest BCUT2D eigenvalue weighted by molar-refractivity contribution is -0.129. The van der Waals surface area contributed by atoms with Gasteiger partial charge in [0.15, 0.2) is 5.78 Å². The summed E-state index contributed by atoms with van der Waals surface area (Å²) in [6, 6.07) is 8.32. The Morgan fingerprint density at radius 3 is 2.71 bits per heavy atom. The van der Waals surface area contributed by atoms with Crippen LogP contribution < -0.4 is 4.74 Å². The van der Waals surface area contributed by atoms with Crippen molar-refractivity contribution in [1.82, 2.24) is 9.88 Å². The Bertz CT molecular complexity index is 963. The van der Waals surface area contributed by atoms with Gasteiger partial charge in [-0.15, -0.1) is 5.92 Å². The van der Waals surface area contributed by atoms with Gasteiger partial charge in [0, 0.05) is 41.5 Å². The molecule has 2 atom stereocenters. The van der Waals surface area contributed by atoms with Crippen LogP contribution in [0.2, 0.25) is 5.02 Å². The molecule has 1 aromatic heterocycles. The maximum Gasteiger partial charge on any atom is 0.238 e. The van der Waals surface area contributed by atoms with E-state index in [0.29, 0.717) is 34.9 Å². The summed E-state index contributed by atoms with van der Waals surface area (Å²) in [5.41, 5.74) is 1.84. The van der Waals surface area contributed by atoms with Gasteiger partial charge >= 0.3 is 0 Å². The zero-order valence-corrected chi connectivity index (χ0v) is 16.8. The SMILES string of the molecule is CC#Cc1cc(Cl)c(C2C(=O)C(Cc3ccccn3)N(C)C2=O)c(OCC)c1. The largest absolute Gasteiger partial charge is 0.493 e. The summed E-state index contributed by atoms with van der Waals surface area (Å²) < 4.78 is 5.72. The highest BCUT2D eigenvalue weighted by Crippen LogP contribution is 2.40. The molecule has 6 heteroatoms. The summed E-state index contributed by atoms with van der Waals surface area (Å²) in [7, 11) is 1.64. The minimum Gasteiger partial charge on any atom is -0.493 e. The average molecular weight is 397 g/mol. The van der Waals surface area contributed by atoms with E-state index in [0.717, 1.165) is 5.69 Å². The van der Waals surface area contributed by atoms with Crippen LogP contribution in [0.4, 0.5) is 0 Å². The highest BCUT2D eigenvalue weighted by Gasteiger charge is 2.48. The van der Waals surface area contributed by atoms with E-state index in [2.05, 4.69) is 16.8 Å². The second kappa shape index (κ2) is 8.45. The average Bonchev–Trinajstić information content (AvgIpc) is 2.87. The van der Waals surface area contributed by atoms with E-state index in [-0.39, 0.29) is 11.7 Å². The van der Waals surface area contributed by atoms with Crippen molar-refractivity contribution < 1.29 is 14.3 Å². The van der Waals surface area contributed by atoms with Gasteiger partial charge in [0.1, 0.15) is 11.7 Å². The Hall–Kier alpha value is -2.84. The molecule has 2 unspecified atom stereocenters. The molecule has 28 heavy (non-hydrogen) atoms. The van der Waals surface area contributed by atoms with E-state index < -0.39 is 12.0 Å². The van der Waals surface area contributed by atoms with Gasteiger partial charge in [-0.05, 0) is 38.1 Å². The summed E-state index contributed by atoms with van der Waals surface area (Å²) in [5.74, 6) is 4.70. The third-order valence-electron chi connectivity index (χ3n) is 4.75. The molecule has 0 spiro atoms. The van der Waals surface area contributed by atoms with Crippen molar-refractivity contribution in [3.8, 4) is 17.6 Å². The topological polar surface area (TPSA) is 59.5 Å². The van der Waals surface area contributed by atoms with Crippen molar-refractivity contribution in [2.75, 3.05) is 13.7 Å². The normalized spacial score (nSPS) is 18.8. The Morgan fingerprint density at radius 1 is 1.29 bits per heavy atom. The summed E-state index contributed by atoms with van der Waals surface area (Å²) in [6.45, 7) is 3.95. The predicted octanol–water partition coefficient (Wildman–Crippen LogP) is 3.24. The first kappa shape index (κ1) is 19.9. The first-order valence-corrected chi connectivity index (χ1v) is 9.45. The van der Waals surface area contributed by atoms with E-state index >= 15 is 0 Å². The lowest BCUT2D eigenvalue weighted by atomic mass is 9.91. The van der Waals surface area contributed by atoms with Gasteiger partial charge in [-0.3, -0.25) is 14.6 Å². The molecule has 1 amide bonds. The third kappa shape index (κ3) is 3.74. The number of hydrogen-bond acceptors (Lipinski definition) is 4. The smallest absolute Gasteiger partial charge is 0.238 e. The van der Waals surface area contributed by atoms with E-state index in [4.69, 9.17) is 16.3 Å². The number of carbonyl (C=O) groups excluding carboxylic acids is 2. The molecular weight excluding hydrogens is 376 g/mol. The van der Waals surface area contributed by atoms with Crippen LogP contribution in [0.3, 0.4) is 0 Å². The summed E-state index contributed by atoms with van der Waals surface area (Å²) in [4.78, 5) is 32.0. The van der Waals surface area contributed by atoms with E-state index in [9.17, 15) is 9.59 Å². The number of carbonyl (C=O) groups is 2. The lowest BCUT2D eigenvalue weighted by Gasteiger charge is -2.17. The van der Waals surface area contributed by atoms with Crippen LogP contribution in [-0.4, -0.2) is 41.3 Å². The second-order valence-electron chi connectivity index (χ2n) is 6.50. The third-order valence-corrected chi connectivity index (χ3v) is 5.07. The number of aromatic nitrogens is 1. The van der Waals surface area contributed by atoms with E-state index in [1.807, 2.05) is 25.1 Å². The Kier molecular flexibility index (Phi) is 6.01. The van der Waals surface area contributed by atoms with Crippen molar-refractivity contribution in [2.45, 2.75) is 32.2 Å². The van der Waals surface area contributed by atoms with Gasteiger partial charge < -0.3 is 9.64 Å². The number of Topliss-reactive ketones (excluding diaryl/α,β-unsaturated/α-hetero) is 1. The zero-order chi connectivity index (χ0) is 20.3. The van der Waals surface area contributed by atoms with Crippen molar-refractivity contribution in [3.63, 3.8) is 0 Å². The number of hydrogen-bond donors (Lipinski definition) is 0. The molecule has 2 heterocycles. The molecule has 144 valence electrons. The molecule has 1 aliphatic heterocycles. The minimum absolute atomic E-state index is 0.199. The van der Waals surface area contributed by atoms with Crippen LogP contribution >= 0.6 is 11.6 Å². The van der Waals surface area contributed by atoms with Gasteiger partial charge in [0.2, 0.25) is 5.91 Å². The maximum atomic E-state index is 13.2. The molecule has 0 aliphatic carbocycles. The number of benzene rings is 1. The molecule has 0 radical (unpaired) electrons. The van der Waals surface area contributed by atoms with Crippen molar-refractivity contribution in [1.29, 1.82) is 0 Å². The molecule has 1 saturated heterocycles. The number of amides is 1. The fourth-order valence-corrected chi connectivity index (χ4v) is 3.77. The van der Waals surface area contributed by atoms with Gasteiger partial charge in [-0.1, -0.05) is 23.6 Å². The highest BCUT2D eigenvalue weighted by atomic mass is 35.5.